The third kappa shape index (κ3) is 3.04. The SMILES string of the molecule is CCCC(N)C(CO)Sc1nc2ccccc2o1. The van der Waals surface area contributed by atoms with Crippen LogP contribution in [0.15, 0.2) is 33.9 Å². The van der Waals surface area contributed by atoms with E-state index in [-0.39, 0.29) is 17.9 Å². The molecular weight excluding hydrogens is 248 g/mol. The topological polar surface area (TPSA) is 72.3 Å². The Bertz CT molecular complexity index is 467. The number of aliphatic hydroxyl groups excluding tert-OH is 1. The number of hydrogen-bond acceptors (Lipinski definition) is 5. The van der Waals surface area contributed by atoms with Crippen LogP contribution in [0.4, 0.5) is 0 Å². The lowest BCUT2D eigenvalue weighted by molar-refractivity contribution is 0.278. The Morgan fingerprint density at radius 2 is 2.22 bits per heavy atom. The molecule has 98 valence electrons. The number of aromatic nitrogens is 1. The third-order valence-electron chi connectivity index (χ3n) is 2.81. The highest BCUT2D eigenvalue weighted by Gasteiger charge is 2.20. The van der Waals surface area contributed by atoms with E-state index in [2.05, 4.69) is 11.9 Å². The molecule has 4 nitrogen and oxygen atoms in total. The highest BCUT2D eigenvalue weighted by molar-refractivity contribution is 7.99. The van der Waals surface area contributed by atoms with Gasteiger partial charge in [0.1, 0.15) is 5.52 Å². The molecule has 0 bridgehead atoms. The molecule has 1 aromatic heterocycles. The lowest BCUT2D eigenvalue weighted by Gasteiger charge is -2.18. The number of benzene rings is 1. The molecule has 2 unspecified atom stereocenters. The first-order chi connectivity index (χ1) is 8.74. The maximum Gasteiger partial charge on any atom is 0.257 e. The van der Waals surface area contributed by atoms with Crippen molar-refractivity contribution < 1.29 is 9.52 Å². The lowest BCUT2D eigenvalue weighted by atomic mass is 10.1. The van der Waals surface area contributed by atoms with Crippen molar-refractivity contribution in [2.45, 2.75) is 36.3 Å². The molecule has 0 saturated carbocycles. The minimum absolute atomic E-state index is 0.0323. The van der Waals surface area contributed by atoms with Crippen LogP contribution in [0.3, 0.4) is 0 Å². The Labute approximate surface area is 111 Å². The van der Waals surface area contributed by atoms with Crippen LogP contribution in [-0.4, -0.2) is 28.0 Å². The quantitative estimate of drug-likeness (QED) is 0.786. The van der Waals surface area contributed by atoms with E-state index in [1.54, 1.807) is 0 Å². The van der Waals surface area contributed by atoms with Gasteiger partial charge >= 0.3 is 0 Å². The van der Waals surface area contributed by atoms with Gasteiger partial charge in [0, 0.05) is 6.04 Å². The number of hydrogen-bond donors (Lipinski definition) is 2. The van der Waals surface area contributed by atoms with Gasteiger partial charge in [0.2, 0.25) is 0 Å². The summed E-state index contributed by atoms with van der Waals surface area (Å²) in [5.74, 6) is 0. The highest BCUT2D eigenvalue weighted by atomic mass is 32.2. The predicted octanol–water partition coefficient (Wildman–Crippen LogP) is 2.41. The molecule has 0 saturated heterocycles. The normalized spacial score (nSPS) is 14.8. The van der Waals surface area contributed by atoms with Crippen LogP contribution in [0.25, 0.3) is 11.1 Å². The molecule has 2 rings (SSSR count). The number of nitrogens with zero attached hydrogens (tertiary/aromatic N) is 1. The number of rotatable bonds is 6. The summed E-state index contributed by atoms with van der Waals surface area (Å²) in [5.41, 5.74) is 7.63. The molecule has 1 heterocycles. The molecule has 2 aromatic rings. The summed E-state index contributed by atoms with van der Waals surface area (Å²) in [6, 6.07) is 7.58. The van der Waals surface area contributed by atoms with Gasteiger partial charge in [-0.1, -0.05) is 37.2 Å². The summed E-state index contributed by atoms with van der Waals surface area (Å²) in [6.45, 7) is 2.11. The maximum absolute atomic E-state index is 9.39. The average Bonchev–Trinajstić information content (AvgIpc) is 2.78. The first-order valence-corrected chi connectivity index (χ1v) is 7.01. The molecule has 0 amide bonds. The fourth-order valence-electron chi connectivity index (χ4n) is 1.81. The summed E-state index contributed by atoms with van der Waals surface area (Å²) in [4.78, 5) is 4.37. The highest BCUT2D eigenvalue weighted by Crippen LogP contribution is 2.28. The molecule has 0 aliphatic heterocycles. The van der Waals surface area contributed by atoms with Gasteiger partial charge in [0.15, 0.2) is 5.58 Å². The van der Waals surface area contributed by atoms with Gasteiger partial charge in [-0.3, -0.25) is 0 Å². The smallest absolute Gasteiger partial charge is 0.257 e. The molecule has 0 aliphatic carbocycles. The fourth-order valence-corrected chi connectivity index (χ4v) is 2.74. The van der Waals surface area contributed by atoms with E-state index in [0.29, 0.717) is 5.22 Å². The second kappa shape index (κ2) is 6.22. The third-order valence-corrected chi connectivity index (χ3v) is 3.98. The molecule has 0 radical (unpaired) electrons. The molecule has 0 fully saturated rings. The number of para-hydroxylation sites is 2. The summed E-state index contributed by atoms with van der Waals surface area (Å²) >= 11 is 1.41. The zero-order valence-corrected chi connectivity index (χ0v) is 11.2. The van der Waals surface area contributed by atoms with Crippen molar-refractivity contribution in [1.82, 2.24) is 4.98 Å². The Morgan fingerprint density at radius 1 is 1.44 bits per heavy atom. The number of oxazole rings is 1. The van der Waals surface area contributed by atoms with Crippen molar-refractivity contribution in [2.24, 2.45) is 5.73 Å². The van der Waals surface area contributed by atoms with E-state index < -0.39 is 0 Å². The van der Waals surface area contributed by atoms with E-state index in [0.717, 1.165) is 23.9 Å². The fraction of sp³-hybridized carbons (Fsp3) is 0.462. The van der Waals surface area contributed by atoms with Gasteiger partial charge in [0.25, 0.3) is 5.22 Å². The predicted molar refractivity (Wildman–Crippen MR) is 73.6 cm³/mol. The first-order valence-electron chi connectivity index (χ1n) is 6.13. The summed E-state index contributed by atoms with van der Waals surface area (Å²) in [5, 5.41) is 9.89. The maximum atomic E-state index is 9.39. The Kier molecular flexibility index (Phi) is 4.63. The van der Waals surface area contributed by atoms with Crippen molar-refractivity contribution in [3.8, 4) is 0 Å². The van der Waals surface area contributed by atoms with Gasteiger partial charge in [-0.15, -0.1) is 0 Å². The Morgan fingerprint density at radius 3 is 2.89 bits per heavy atom. The van der Waals surface area contributed by atoms with Crippen molar-refractivity contribution in [1.29, 1.82) is 0 Å². The summed E-state index contributed by atoms with van der Waals surface area (Å²) in [6.07, 6.45) is 1.89. The van der Waals surface area contributed by atoms with Crippen molar-refractivity contribution in [3.05, 3.63) is 24.3 Å². The molecule has 0 aliphatic rings. The van der Waals surface area contributed by atoms with Crippen molar-refractivity contribution >= 4 is 22.9 Å². The van der Waals surface area contributed by atoms with E-state index in [4.69, 9.17) is 10.2 Å². The van der Waals surface area contributed by atoms with Crippen molar-refractivity contribution in [2.75, 3.05) is 6.61 Å². The van der Waals surface area contributed by atoms with Gasteiger partial charge in [-0.05, 0) is 18.6 Å². The zero-order chi connectivity index (χ0) is 13.0. The number of nitrogens with two attached hydrogens (primary N) is 1. The Balaban J connectivity index is 2.11. The Hall–Kier alpha value is -1.04. The molecule has 1 aromatic carbocycles. The second-order valence-electron chi connectivity index (χ2n) is 4.24. The van der Waals surface area contributed by atoms with Gasteiger partial charge < -0.3 is 15.3 Å². The molecule has 0 spiro atoms. The van der Waals surface area contributed by atoms with Gasteiger partial charge in [0.05, 0.1) is 11.9 Å². The molecule has 18 heavy (non-hydrogen) atoms. The molecular formula is C13H18N2O2S. The van der Waals surface area contributed by atoms with Crippen LogP contribution >= 0.6 is 11.8 Å². The van der Waals surface area contributed by atoms with Crippen LogP contribution < -0.4 is 5.73 Å². The second-order valence-corrected chi connectivity index (χ2v) is 5.43. The largest absolute Gasteiger partial charge is 0.431 e. The van der Waals surface area contributed by atoms with Crippen LogP contribution in [0.2, 0.25) is 0 Å². The first kappa shape index (κ1) is 13.4. The summed E-state index contributed by atoms with van der Waals surface area (Å²) in [7, 11) is 0. The zero-order valence-electron chi connectivity index (χ0n) is 10.4. The number of aliphatic hydroxyl groups is 1. The van der Waals surface area contributed by atoms with Gasteiger partial charge in [-0.25, -0.2) is 4.98 Å². The van der Waals surface area contributed by atoms with E-state index in [1.807, 2.05) is 24.3 Å². The van der Waals surface area contributed by atoms with E-state index in [1.165, 1.54) is 11.8 Å². The van der Waals surface area contributed by atoms with E-state index in [9.17, 15) is 5.11 Å². The monoisotopic (exact) mass is 266 g/mol. The van der Waals surface area contributed by atoms with Crippen LogP contribution in [-0.2, 0) is 0 Å². The minimum atomic E-state index is -0.0713. The minimum Gasteiger partial charge on any atom is -0.431 e. The van der Waals surface area contributed by atoms with Gasteiger partial charge in [-0.2, -0.15) is 0 Å². The van der Waals surface area contributed by atoms with Crippen LogP contribution in [0, 0.1) is 0 Å². The van der Waals surface area contributed by atoms with Crippen molar-refractivity contribution in [3.63, 3.8) is 0 Å². The molecule has 5 heteroatoms. The average molecular weight is 266 g/mol. The molecule has 3 N–H and O–H groups in total. The van der Waals surface area contributed by atoms with Crippen LogP contribution in [0.5, 0.6) is 0 Å². The number of thioether (sulfide) groups is 1. The summed E-state index contributed by atoms with van der Waals surface area (Å²) < 4.78 is 5.61. The lowest BCUT2D eigenvalue weighted by Crippen LogP contribution is -2.34. The van der Waals surface area contributed by atoms with E-state index >= 15 is 0 Å². The van der Waals surface area contributed by atoms with Crippen LogP contribution in [0.1, 0.15) is 19.8 Å². The number of fused-ring (bicyclic) bond motifs is 1. The standard InChI is InChI=1S/C13H18N2O2S/c1-2-5-9(14)12(8-16)18-13-15-10-6-3-4-7-11(10)17-13/h3-4,6-7,9,12,16H,2,5,8,14H2,1H3. The molecule has 2 atom stereocenters.